The summed E-state index contributed by atoms with van der Waals surface area (Å²) in [4.78, 5) is 13.9. The van der Waals surface area contributed by atoms with Crippen molar-refractivity contribution in [1.82, 2.24) is 14.9 Å². The van der Waals surface area contributed by atoms with Crippen LogP contribution in [0.1, 0.15) is 5.69 Å². The van der Waals surface area contributed by atoms with Crippen molar-refractivity contribution in [1.29, 1.82) is 0 Å². The zero-order valence-electron chi connectivity index (χ0n) is 16.4. The first-order chi connectivity index (χ1) is 13.7. The third kappa shape index (κ3) is 4.58. The molecule has 1 aliphatic heterocycles. The van der Waals surface area contributed by atoms with Gasteiger partial charge in [-0.25, -0.2) is 4.98 Å². The number of hydrogen-bond acceptors (Lipinski definition) is 6. The molecule has 28 heavy (non-hydrogen) atoms. The van der Waals surface area contributed by atoms with E-state index in [4.69, 9.17) is 0 Å². The van der Waals surface area contributed by atoms with Crippen molar-refractivity contribution in [3.8, 4) is 0 Å². The molecule has 4 rings (SSSR count). The van der Waals surface area contributed by atoms with Gasteiger partial charge >= 0.3 is 0 Å². The Bertz CT molecular complexity index is 902. The highest BCUT2D eigenvalue weighted by Gasteiger charge is 2.14. The number of benzene rings is 2. The van der Waals surface area contributed by atoms with E-state index in [1.807, 2.05) is 43.3 Å². The second kappa shape index (κ2) is 8.27. The highest BCUT2D eigenvalue weighted by atomic mass is 15.2. The molecule has 6 nitrogen and oxygen atoms in total. The molecule has 2 aromatic carbocycles. The summed E-state index contributed by atoms with van der Waals surface area (Å²) in [5.74, 6) is 1.36. The lowest BCUT2D eigenvalue weighted by Gasteiger charge is -2.34. The van der Waals surface area contributed by atoms with Crippen LogP contribution in [0.3, 0.4) is 0 Å². The molecular formula is C22H26N6. The number of nitrogens with one attached hydrogen (secondary N) is 2. The molecule has 6 heteroatoms. The number of para-hydroxylation sites is 1. The second-order valence-electron chi connectivity index (χ2n) is 7.17. The monoisotopic (exact) mass is 374 g/mol. The Hall–Kier alpha value is -3.12. The molecule has 0 atom stereocenters. The maximum absolute atomic E-state index is 4.60. The first kappa shape index (κ1) is 18.3. The largest absolute Gasteiger partial charge is 0.369 e. The normalized spacial score (nSPS) is 14.7. The lowest BCUT2D eigenvalue weighted by molar-refractivity contribution is 0.313. The lowest BCUT2D eigenvalue weighted by Crippen LogP contribution is -2.44. The number of aromatic nitrogens is 2. The van der Waals surface area contributed by atoms with Gasteiger partial charge in [-0.15, -0.1) is 0 Å². The Labute approximate surface area is 166 Å². The van der Waals surface area contributed by atoms with Crippen LogP contribution in [0, 0.1) is 6.92 Å². The predicted octanol–water partition coefficient (Wildman–Crippen LogP) is 4.02. The van der Waals surface area contributed by atoms with Crippen LogP contribution in [0.5, 0.6) is 0 Å². The van der Waals surface area contributed by atoms with Crippen LogP contribution in [0.4, 0.5) is 28.8 Å². The van der Waals surface area contributed by atoms with Gasteiger partial charge in [0.1, 0.15) is 5.82 Å². The molecule has 1 fully saturated rings. The first-order valence-electron chi connectivity index (χ1n) is 9.64. The fourth-order valence-electron chi connectivity index (χ4n) is 3.31. The molecule has 0 saturated carbocycles. The molecule has 144 valence electrons. The Morgan fingerprint density at radius 2 is 1.46 bits per heavy atom. The minimum absolute atomic E-state index is 0.586. The van der Waals surface area contributed by atoms with Gasteiger partial charge in [0, 0.05) is 55.0 Å². The standard InChI is InChI=1S/C22H26N6/c1-17-16-21(26-22(23-17)25-18-6-4-3-5-7-18)24-19-8-10-20(11-9-19)28-14-12-27(2)13-15-28/h3-11,16H,12-15H2,1-2H3,(H2,23,24,25,26). The SMILES string of the molecule is Cc1cc(Nc2ccc(N3CCN(C)CC3)cc2)nc(Nc2ccccc2)n1. The summed E-state index contributed by atoms with van der Waals surface area (Å²) in [5.41, 5.74) is 4.16. The van der Waals surface area contributed by atoms with E-state index < -0.39 is 0 Å². The van der Waals surface area contributed by atoms with Gasteiger partial charge in [0.15, 0.2) is 0 Å². The van der Waals surface area contributed by atoms with Crippen molar-refractivity contribution in [2.24, 2.45) is 0 Å². The highest BCUT2D eigenvalue weighted by Crippen LogP contribution is 2.23. The quantitative estimate of drug-likeness (QED) is 0.703. The van der Waals surface area contributed by atoms with Crippen LogP contribution in [-0.4, -0.2) is 48.1 Å². The maximum Gasteiger partial charge on any atom is 0.229 e. The van der Waals surface area contributed by atoms with Gasteiger partial charge in [-0.2, -0.15) is 4.98 Å². The van der Waals surface area contributed by atoms with E-state index in [2.05, 4.69) is 61.7 Å². The van der Waals surface area contributed by atoms with E-state index in [0.29, 0.717) is 5.95 Å². The van der Waals surface area contributed by atoms with Crippen LogP contribution in [0.15, 0.2) is 60.7 Å². The number of rotatable bonds is 5. The number of nitrogens with zero attached hydrogens (tertiary/aromatic N) is 4. The summed E-state index contributed by atoms with van der Waals surface area (Å²) in [5, 5.41) is 6.64. The average molecular weight is 374 g/mol. The van der Waals surface area contributed by atoms with Crippen LogP contribution in [-0.2, 0) is 0 Å². The fourth-order valence-corrected chi connectivity index (χ4v) is 3.31. The third-order valence-electron chi connectivity index (χ3n) is 4.89. The van der Waals surface area contributed by atoms with Gasteiger partial charge in [-0.05, 0) is 50.4 Å². The number of piperazine rings is 1. The molecule has 1 aliphatic rings. The van der Waals surface area contributed by atoms with Gasteiger partial charge < -0.3 is 20.4 Å². The number of hydrogen-bond donors (Lipinski definition) is 2. The molecule has 0 radical (unpaired) electrons. The van der Waals surface area contributed by atoms with E-state index in [0.717, 1.165) is 49.1 Å². The van der Waals surface area contributed by atoms with Crippen LogP contribution >= 0.6 is 0 Å². The summed E-state index contributed by atoms with van der Waals surface area (Å²) in [6, 6.07) is 20.5. The second-order valence-corrected chi connectivity index (χ2v) is 7.17. The van der Waals surface area contributed by atoms with E-state index in [9.17, 15) is 0 Å². The zero-order valence-corrected chi connectivity index (χ0v) is 16.4. The van der Waals surface area contributed by atoms with E-state index >= 15 is 0 Å². The van der Waals surface area contributed by atoms with Gasteiger partial charge in [0.2, 0.25) is 5.95 Å². The van der Waals surface area contributed by atoms with Crippen molar-refractivity contribution in [2.75, 3.05) is 48.8 Å². The molecule has 0 spiro atoms. The summed E-state index contributed by atoms with van der Waals surface area (Å²) >= 11 is 0. The highest BCUT2D eigenvalue weighted by molar-refractivity contribution is 5.63. The summed E-state index contributed by atoms with van der Waals surface area (Å²) < 4.78 is 0. The number of likely N-dealkylation sites (N-methyl/N-ethyl adjacent to an activating group) is 1. The van der Waals surface area contributed by atoms with Crippen molar-refractivity contribution in [3.05, 3.63) is 66.4 Å². The van der Waals surface area contributed by atoms with Gasteiger partial charge in [0.25, 0.3) is 0 Å². The van der Waals surface area contributed by atoms with Gasteiger partial charge in [0.05, 0.1) is 0 Å². The molecule has 0 unspecified atom stereocenters. The van der Waals surface area contributed by atoms with Gasteiger partial charge in [-0.3, -0.25) is 0 Å². The lowest BCUT2D eigenvalue weighted by atomic mass is 10.2. The van der Waals surface area contributed by atoms with E-state index in [-0.39, 0.29) is 0 Å². The Morgan fingerprint density at radius 3 is 2.18 bits per heavy atom. The van der Waals surface area contributed by atoms with Crippen LogP contribution in [0.25, 0.3) is 0 Å². The molecular weight excluding hydrogens is 348 g/mol. The topological polar surface area (TPSA) is 56.3 Å². The smallest absolute Gasteiger partial charge is 0.229 e. The summed E-state index contributed by atoms with van der Waals surface area (Å²) in [6.45, 7) is 6.33. The fraction of sp³-hybridized carbons (Fsp3) is 0.273. The number of anilines is 5. The maximum atomic E-state index is 4.60. The Morgan fingerprint density at radius 1 is 0.786 bits per heavy atom. The number of aryl methyl sites for hydroxylation is 1. The Balaban J connectivity index is 1.45. The molecule has 0 bridgehead atoms. The minimum atomic E-state index is 0.586. The summed E-state index contributed by atoms with van der Waals surface area (Å²) in [6.07, 6.45) is 0. The molecule has 1 saturated heterocycles. The van der Waals surface area contributed by atoms with Crippen LogP contribution in [0.2, 0.25) is 0 Å². The third-order valence-corrected chi connectivity index (χ3v) is 4.89. The minimum Gasteiger partial charge on any atom is -0.369 e. The zero-order chi connectivity index (χ0) is 19.3. The van der Waals surface area contributed by atoms with Crippen molar-refractivity contribution < 1.29 is 0 Å². The molecule has 1 aromatic heterocycles. The summed E-state index contributed by atoms with van der Waals surface area (Å²) in [7, 11) is 2.18. The van der Waals surface area contributed by atoms with Crippen molar-refractivity contribution >= 4 is 28.8 Å². The average Bonchev–Trinajstić information content (AvgIpc) is 2.70. The Kier molecular flexibility index (Phi) is 5.39. The molecule has 2 heterocycles. The van der Waals surface area contributed by atoms with E-state index in [1.54, 1.807) is 0 Å². The van der Waals surface area contributed by atoms with Gasteiger partial charge in [-0.1, -0.05) is 18.2 Å². The van der Waals surface area contributed by atoms with E-state index in [1.165, 1.54) is 5.69 Å². The predicted molar refractivity (Wildman–Crippen MR) is 116 cm³/mol. The first-order valence-corrected chi connectivity index (χ1v) is 9.64. The molecule has 2 N–H and O–H groups in total. The molecule has 3 aromatic rings. The molecule has 0 aliphatic carbocycles. The molecule has 0 amide bonds. The van der Waals surface area contributed by atoms with Crippen LogP contribution < -0.4 is 15.5 Å². The van der Waals surface area contributed by atoms with Crippen molar-refractivity contribution in [3.63, 3.8) is 0 Å². The van der Waals surface area contributed by atoms with Crippen molar-refractivity contribution in [2.45, 2.75) is 6.92 Å².